The van der Waals surface area contributed by atoms with E-state index in [1.54, 1.807) is 0 Å². The molecule has 23 heavy (non-hydrogen) atoms. The van der Waals surface area contributed by atoms with Crippen LogP contribution in [-0.2, 0) is 17.6 Å². The number of carbonyl (C=O) groups excluding carboxylic acids is 1. The Kier molecular flexibility index (Phi) is 5.93. The van der Waals surface area contributed by atoms with Crippen molar-refractivity contribution in [2.45, 2.75) is 32.7 Å². The zero-order chi connectivity index (χ0) is 16.8. The minimum absolute atomic E-state index is 0.000637. The van der Waals surface area contributed by atoms with Crippen LogP contribution in [0.3, 0.4) is 0 Å². The van der Waals surface area contributed by atoms with Crippen LogP contribution in [0, 0.1) is 13.8 Å². The summed E-state index contributed by atoms with van der Waals surface area (Å²) >= 11 is 0. The largest absolute Gasteiger partial charge is 0.361 e. The molecular formula is C18H25N3O2. The van der Waals surface area contributed by atoms with Crippen LogP contribution in [0.2, 0.25) is 0 Å². The second-order valence-electron chi connectivity index (χ2n) is 6.09. The molecule has 1 N–H and O–H groups in total. The summed E-state index contributed by atoms with van der Waals surface area (Å²) in [6, 6.07) is 10.6. The summed E-state index contributed by atoms with van der Waals surface area (Å²) in [6.45, 7) is 4.31. The molecule has 1 aromatic heterocycles. The van der Waals surface area contributed by atoms with Gasteiger partial charge < -0.3 is 14.7 Å². The van der Waals surface area contributed by atoms with Gasteiger partial charge in [-0.2, -0.15) is 0 Å². The number of aryl methyl sites for hydroxylation is 2. The number of rotatable bonds is 7. The highest BCUT2D eigenvalue weighted by Gasteiger charge is 2.16. The Labute approximate surface area is 137 Å². The topological polar surface area (TPSA) is 58.4 Å². The fourth-order valence-electron chi connectivity index (χ4n) is 2.53. The maximum Gasteiger partial charge on any atom is 0.224 e. The van der Waals surface area contributed by atoms with Crippen LogP contribution in [0.4, 0.5) is 0 Å². The molecule has 1 heterocycles. The number of nitrogens with one attached hydrogen (secondary N) is 1. The molecule has 5 heteroatoms. The molecule has 2 aromatic rings. The number of amides is 1. The molecule has 0 spiro atoms. The Hall–Kier alpha value is -2.14. The number of aromatic nitrogens is 1. The third kappa shape index (κ3) is 4.93. The summed E-state index contributed by atoms with van der Waals surface area (Å²) < 4.78 is 5.10. The molecule has 0 aliphatic carbocycles. The fourth-order valence-corrected chi connectivity index (χ4v) is 2.53. The first-order valence-electron chi connectivity index (χ1n) is 7.86. The Bertz CT molecular complexity index is 615. The Balaban J connectivity index is 1.90. The van der Waals surface area contributed by atoms with Crippen molar-refractivity contribution in [2.24, 2.45) is 0 Å². The predicted molar refractivity (Wildman–Crippen MR) is 90.3 cm³/mol. The van der Waals surface area contributed by atoms with Crippen LogP contribution in [0.5, 0.6) is 0 Å². The first-order valence-corrected chi connectivity index (χ1v) is 7.86. The summed E-state index contributed by atoms with van der Waals surface area (Å²) in [5.74, 6) is 0.713. The molecule has 1 aromatic carbocycles. The quantitative estimate of drug-likeness (QED) is 0.850. The number of hydrogen-bond donors (Lipinski definition) is 1. The molecule has 1 amide bonds. The molecule has 124 valence electrons. The highest BCUT2D eigenvalue weighted by atomic mass is 16.5. The van der Waals surface area contributed by atoms with E-state index >= 15 is 0 Å². The lowest BCUT2D eigenvalue weighted by molar-refractivity contribution is -0.120. The minimum atomic E-state index is -0.000637. The molecule has 0 saturated carbocycles. The van der Waals surface area contributed by atoms with E-state index in [4.69, 9.17) is 4.52 Å². The summed E-state index contributed by atoms with van der Waals surface area (Å²) in [4.78, 5) is 14.3. The molecule has 0 saturated heterocycles. The molecule has 0 radical (unpaired) electrons. The fraction of sp³-hybridized carbons (Fsp3) is 0.444. The van der Waals surface area contributed by atoms with E-state index in [1.165, 1.54) is 5.56 Å². The van der Waals surface area contributed by atoms with Gasteiger partial charge in [0.2, 0.25) is 5.91 Å². The summed E-state index contributed by atoms with van der Waals surface area (Å²) in [7, 11) is 4.07. The van der Waals surface area contributed by atoms with E-state index in [0.717, 1.165) is 17.7 Å². The average Bonchev–Trinajstić information content (AvgIpc) is 2.84. The summed E-state index contributed by atoms with van der Waals surface area (Å²) in [5.41, 5.74) is 2.93. The van der Waals surface area contributed by atoms with E-state index in [-0.39, 0.29) is 11.9 Å². The van der Waals surface area contributed by atoms with Crippen molar-refractivity contribution in [2.75, 3.05) is 20.6 Å². The smallest absolute Gasteiger partial charge is 0.224 e. The number of likely N-dealkylation sites (N-methyl/N-ethyl adjacent to an activating group) is 1. The van der Waals surface area contributed by atoms with Gasteiger partial charge in [-0.15, -0.1) is 0 Å². The van der Waals surface area contributed by atoms with Gasteiger partial charge in [0, 0.05) is 18.2 Å². The lowest BCUT2D eigenvalue weighted by Crippen LogP contribution is -2.42. The summed E-state index contributed by atoms with van der Waals surface area (Å²) in [5, 5.41) is 6.91. The number of benzene rings is 1. The second kappa shape index (κ2) is 7.92. The molecule has 1 atom stereocenters. The molecule has 0 aliphatic heterocycles. The van der Waals surface area contributed by atoms with Crippen molar-refractivity contribution >= 4 is 5.91 Å². The monoisotopic (exact) mass is 315 g/mol. The lowest BCUT2D eigenvalue weighted by atomic mass is 10.0. The van der Waals surface area contributed by atoms with Gasteiger partial charge in [0.25, 0.3) is 0 Å². The van der Waals surface area contributed by atoms with E-state index < -0.39 is 0 Å². The Morgan fingerprint density at radius 1 is 1.26 bits per heavy atom. The van der Waals surface area contributed by atoms with E-state index in [1.807, 2.05) is 46.1 Å². The van der Waals surface area contributed by atoms with Gasteiger partial charge in [-0.25, -0.2) is 0 Å². The minimum Gasteiger partial charge on any atom is -0.361 e. The highest BCUT2D eigenvalue weighted by molar-refractivity contribution is 5.79. The van der Waals surface area contributed by atoms with Gasteiger partial charge in [-0.05, 0) is 39.9 Å². The van der Waals surface area contributed by atoms with E-state index in [0.29, 0.717) is 18.7 Å². The zero-order valence-corrected chi connectivity index (χ0v) is 14.3. The summed E-state index contributed by atoms with van der Waals surface area (Å²) in [6.07, 6.45) is 1.21. The van der Waals surface area contributed by atoms with Gasteiger partial charge in [0.05, 0.1) is 12.1 Å². The third-order valence-electron chi connectivity index (χ3n) is 4.10. The maximum atomic E-state index is 12.2. The van der Waals surface area contributed by atoms with Crippen molar-refractivity contribution in [3.05, 3.63) is 52.9 Å². The lowest BCUT2D eigenvalue weighted by Gasteiger charge is -2.24. The van der Waals surface area contributed by atoms with Gasteiger partial charge in [0.1, 0.15) is 5.76 Å². The standard InChI is InChI=1S/C18H25N3O2/c1-13-17(14(2)23-20-13)11-18(22)19-12-16(21(3)4)10-15-8-6-5-7-9-15/h5-9,16H,10-12H2,1-4H3,(H,19,22)/t16-/m0/s1. The van der Waals surface area contributed by atoms with Crippen LogP contribution in [0.15, 0.2) is 34.9 Å². The molecule has 0 fully saturated rings. The van der Waals surface area contributed by atoms with Crippen LogP contribution in [0.1, 0.15) is 22.6 Å². The van der Waals surface area contributed by atoms with Crippen LogP contribution >= 0.6 is 0 Å². The van der Waals surface area contributed by atoms with Crippen molar-refractivity contribution in [1.82, 2.24) is 15.4 Å². The zero-order valence-electron chi connectivity index (χ0n) is 14.3. The van der Waals surface area contributed by atoms with Crippen LogP contribution in [0.25, 0.3) is 0 Å². The van der Waals surface area contributed by atoms with Gasteiger partial charge in [-0.3, -0.25) is 4.79 Å². The predicted octanol–water partition coefficient (Wildman–Crippen LogP) is 2.12. The van der Waals surface area contributed by atoms with Gasteiger partial charge in [-0.1, -0.05) is 35.5 Å². The normalized spacial score (nSPS) is 12.4. The molecule has 5 nitrogen and oxygen atoms in total. The van der Waals surface area contributed by atoms with Crippen molar-refractivity contribution in [1.29, 1.82) is 0 Å². The number of nitrogens with zero attached hydrogens (tertiary/aromatic N) is 2. The Morgan fingerprint density at radius 3 is 2.52 bits per heavy atom. The van der Waals surface area contributed by atoms with Gasteiger partial charge >= 0.3 is 0 Å². The average molecular weight is 315 g/mol. The van der Waals surface area contributed by atoms with Crippen molar-refractivity contribution in [3.8, 4) is 0 Å². The van der Waals surface area contributed by atoms with Crippen molar-refractivity contribution < 1.29 is 9.32 Å². The van der Waals surface area contributed by atoms with E-state index in [2.05, 4.69) is 27.5 Å². The molecule has 0 bridgehead atoms. The third-order valence-corrected chi connectivity index (χ3v) is 4.10. The molecule has 0 aliphatic rings. The first kappa shape index (κ1) is 17.2. The number of hydrogen-bond acceptors (Lipinski definition) is 4. The molecule has 2 rings (SSSR count). The molecular weight excluding hydrogens is 290 g/mol. The van der Waals surface area contributed by atoms with Gasteiger partial charge in [0.15, 0.2) is 0 Å². The highest BCUT2D eigenvalue weighted by Crippen LogP contribution is 2.12. The first-order chi connectivity index (χ1) is 11.0. The SMILES string of the molecule is Cc1noc(C)c1CC(=O)NC[C@H](Cc1ccccc1)N(C)C. The Morgan fingerprint density at radius 2 is 1.96 bits per heavy atom. The van der Waals surface area contributed by atoms with Crippen LogP contribution < -0.4 is 5.32 Å². The van der Waals surface area contributed by atoms with Crippen molar-refractivity contribution in [3.63, 3.8) is 0 Å². The van der Waals surface area contributed by atoms with E-state index in [9.17, 15) is 4.79 Å². The van der Waals surface area contributed by atoms with Crippen LogP contribution in [-0.4, -0.2) is 42.6 Å². The molecule has 0 unspecified atom stereocenters. The number of carbonyl (C=O) groups is 1. The second-order valence-corrected chi connectivity index (χ2v) is 6.09. The maximum absolute atomic E-state index is 12.2.